The zero-order chi connectivity index (χ0) is 15.3. The van der Waals surface area contributed by atoms with Gasteiger partial charge in [-0.3, -0.25) is 9.59 Å². The van der Waals surface area contributed by atoms with Crippen LogP contribution in [0.4, 0.5) is 0 Å². The van der Waals surface area contributed by atoms with E-state index >= 15 is 0 Å². The molecule has 1 aliphatic heterocycles. The van der Waals surface area contributed by atoms with Crippen LogP contribution in [0.15, 0.2) is 0 Å². The third kappa shape index (κ3) is 3.30. The summed E-state index contributed by atoms with van der Waals surface area (Å²) in [4.78, 5) is 27.1. The van der Waals surface area contributed by atoms with Gasteiger partial charge in [0.1, 0.15) is 11.6 Å². The second-order valence-corrected chi connectivity index (χ2v) is 7.06. The van der Waals surface area contributed by atoms with Gasteiger partial charge in [0.25, 0.3) is 0 Å². The molecule has 0 aromatic carbocycles. The maximum atomic E-state index is 12.9. The van der Waals surface area contributed by atoms with E-state index in [1.807, 2.05) is 44.4 Å². The van der Waals surface area contributed by atoms with Crippen molar-refractivity contribution in [3.05, 3.63) is 0 Å². The molecule has 116 valence electrons. The van der Waals surface area contributed by atoms with Crippen LogP contribution >= 0.6 is 11.8 Å². The van der Waals surface area contributed by atoms with Crippen LogP contribution in [0.1, 0.15) is 47.5 Å². The van der Waals surface area contributed by atoms with Gasteiger partial charge < -0.3 is 10.2 Å². The van der Waals surface area contributed by atoms with E-state index in [1.165, 1.54) is 0 Å². The second kappa shape index (κ2) is 7.34. The summed E-state index contributed by atoms with van der Waals surface area (Å²) in [5.41, 5.74) is -0.695. The molecule has 0 saturated carbocycles. The average molecular weight is 300 g/mol. The second-order valence-electron chi connectivity index (χ2n) is 5.66. The summed E-state index contributed by atoms with van der Waals surface area (Å²) < 4.78 is 0. The van der Waals surface area contributed by atoms with E-state index in [0.717, 1.165) is 11.5 Å². The molecule has 1 N–H and O–H groups in total. The molecule has 5 heteroatoms. The minimum absolute atomic E-state index is 0.00444. The lowest BCUT2D eigenvalue weighted by molar-refractivity contribution is -0.157. The highest BCUT2D eigenvalue weighted by molar-refractivity contribution is 7.99. The molecule has 0 spiro atoms. The standard InChI is InChI=1S/C15H28N2O2S/c1-6-15(7-2)14(19)17(9-10-20-8-3)12(11(4)5)13(18)16-15/h11-12H,6-10H2,1-5H3,(H,16,18). The summed E-state index contributed by atoms with van der Waals surface area (Å²) in [6.45, 7) is 10.7. The first-order valence-electron chi connectivity index (χ1n) is 7.64. The van der Waals surface area contributed by atoms with Crippen molar-refractivity contribution in [1.29, 1.82) is 0 Å². The Morgan fingerprint density at radius 3 is 2.30 bits per heavy atom. The highest BCUT2D eigenvalue weighted by atomic mass is 32.2. The third-order valence-electron chi connectivity index (χ3n) is 4.16. The predicted octanol–water partition coefficient (Wildman–Crippen LogP) is 2.28. The lowest BCUT2D eigenvalue weighted by Crippen LogP contribution is -2.71. The van der Waals surface area contributed by atoms with E-state index < -0.39 is 5.54 Å². The van der Waals surface area contributed by atoms with Crippen molar-refractivity contribution in [3.8, 4) is 0 Å². The van der Waals surface area contributed by atoms with Crippen molar-refractivity contribution in [2.75, 3.05) is 18.1 Å². The maximum absolute atomic E-state index is 12.9. The zero-order valence-corrected chi connectivity index (χ0v) is 14.2. The lowest BCUT2D eigenvalue weighted by atomic mass is 9.85. The number of nitrogens with zero attached hydrogens (tertiary/aromatic N) is 1. The van der Waals surface area contributed by atoms with Crippen LogP contribution in [-0.2, 0) is 9.59 Å². The Labute approximate surface area is 127 Å². The van der Waals surface area contributed by atoms with Gasteiger partial charge in [0, 0.05) is 12.3 Å². The fourth-order valence-corrected chi connectivity index (χ4v) is 3.46. The molecule has 1 aliphatic rings. The number of amides is 2. The fourth-order valence-electron chi connectivity index (χ4n) is 2.85. The number of piperazine rings is 1. The average Bonchev–Trinajstić information content (AvgIpc) is 2.42. The predicted molar refractivity (Wildman–Crippen MR) is 84.8 cm³/mol. The largest absolute Gasteiger partial charge is 0.340 e. The fraction of sp³-hybridized carbons (Fsp3) is 0.867. The Balaban J connectivity index is 3.01. The minimum Gasteiger partial charge on any atom is -0.340 e. The maximum Gasteiger partial charge on any atom is 0.249 e. The van der Waals surface area contributed by atoms with E-state index in [0.29, 0.717) is 19.4 Å². The molecule has 4 nitrogen and oxygen atoms in total. The Hall–Kier alpha value is -0.710. The van der Waals surface area contributed by atoms with Crippen LogP contribution in [-0.4, -0.2) is 46.3 Å². The molecule has 0 aromatic rings. The van der Waals surface area contributed by atoms with Gasteiger partial charge in [0.15, 0.2) is 0 Å². The number of thioether (sulfide) groups is 1. The van der Waals surface area contributed by atoms with Gasteiger partial charge in [0.05, 0.1) is 0 Å². The summed E-state index contributed by atoms with van der Waals surface area (Å²) in [5.74, 6) is 2.16. The first-order valence-corrected chi connectivity index (χ1v) is 8.79. The van der Waals surface area contributed by atoms with E-state index in [4.69, 9.17) is 0 Å². The van der Waals surface area contributed by atoms with Gasteiger partial charge in [-0.25, -0.2) is 0 Å². The minimum atomic E-state index is -0.695. The molecule has 1 unspecified atom stereocenters. The molecular formula is C15H28N2O2S. The molecule has 1 rings (SSSR count). The van der Waals surface area contributed by atoms with Crippen molar-refractivity contribution in [2.45, 2.75) is 59.0 Å². The summed E-state index contributed by atoms with van der Waals surface area (Å²) in [7, 11) is 0. The van der Waals surface area contributed by atoms with Crippen molar-refractivity contribution in [1.82, 2.24) is 10.2 Å². The molecule has 1 fully saturated rings. The summed E-state index contributed by atoms with van der Waals surface area (Å²) in [5, 5.41) is 2.99. The number of hydrogen-bond donors (Lipinski definition) is 1. The summed E-state index contributed by atoms with van der Waals surface area (Å²) in [6.07, 6.45) is 1.30. The van der Waals surface area contributed by atoms with Gasteiger partial charge in [0.2, 0.25) is 11.8 Å². The van der Waals surface area contributed by atoms with Gasteiger partial charge >= 0.3 is 0 Å². The number of carbonyl (C=O) groups is 2. The first-order chi connectivity index (χ1) is 9.43. The van der Waals surface area contributed by atoms with Gasteiger partial charge in [-0.05, 0) is 24.5 Å². The highest BCUT2D eigenvalue weighted by Crippen LogP contribution is 2.28. The molecule has 0 radical (unpaired) electrons. The van der Waals surface area contributed by atoms with Crippen LogP contribution in [0.2, 0.25) is 0 Å². The summed E-state index contributed by atoms with van der Waals surface area (Å²) in [6, 6.07) is -0.328. The number of rotatable bonds is 7. The molecule has 0 aromatic heterocycles. The molecule has 0 bridgehead atoms. The SMILES string of the molecule is CCSCCN1C(=O)C(CC)(CC)NC(=O)C1C(C)C. The van der Waals surface area contributed by atoms with Crippen molar-refractivity contribution >= 4 is 23.6 Å². The van der Waals surface area contributed by atoms with Gasteiger partial charge in [-0.1, -0.05) is 34.6 Å². The van der Waals surface area contributed by atoms with E-state index in [9.17, 15) is 9.59 Å². The molecule has 2 amide bonds. The van der Waals surface area contributed by atoms with E-state index in [2.05, 4.69) is 12.2 Å². The molecule has 1 saturated heterocycles. The topological polar surface area (TPSA) is 49.4 Å². The van der Waals surface area contributed by atoms with Gasteiger partial charge in [-0.15, -0.1) is 0 Å². The van der Waals surface area contributed by atoms with Crippen LogP contribution in [0.5, 0.6) is 0 Å². The molecular weight excluding hydrogens is 272 g/mol. The normalized spacial score (nSPS) is 22.3. The number of carbonyl (C=O) groups excluding carboxylic acids is 2. The van der Waals surface area contributed by atoms with Crippen LogP contribution < -0.4 is 5.32 Å². The molecule has 20 heavy (non-hydrogen) atoms. The Morgan fingerprint density at radius 1 is 1.25 bits per heavy atom. The van der Waals surface area contributed by atoms with Crippen molar-refractivity contribution < 1.29 is 9.59 Å². The monoisotopic (exact) mass is 300 g/mol. The van der Waals surface area contributed by atoms with Gasteiger partial charge in [-0.2, -0.15) is 11.8 Å². The molecule has 1 atom stereocenters. The zero-order valence-electron chi connectivity index (χ0n) is 13.4. The summed E-state index contributed by atoms with van der Waals surface area (Å²) >= 11 is 1.81. The third-order valence-corrected chi connectivity index (χ3v) is 5.04. The quantitative estimate of drug-likeness (QED) is 0.734. The Bertz CT molecular complexity index is 354. The van der Waals surface area contributed by atoms with Crippen molar-refractivity contribution in [2.24, 2.45) is 5.92 Å². The molecule has 0 aliphatic carbocycles. The van der Waals surface area contributed by atoms with E-state index in [-0.39, 0.29) is 23.8 Å². The Morgan fingerprint density at radius 2 is 1.85 bits per heavy atom. The molecule has 1 heterocycles. The lowest BCUT2D eigenvalue weighted by Gasteiger charge is -2.46. The highest BCUT2D eigenvalue weighted by Gasteiger charge is 2.49. The number of nitrogens with one attached hydrogen (secondary N) is 1. The van der Waals surface area contributed by atoms with Crippen molar-refractivity contribution in [3.63, 3.8) is 0 Å². The van der Waals surface area contributed by atoms with E-state index in [1.54, 1.807) is 0 Å². The van der Waals surface area contributed by atoms with Crippen LogP contribution in [0, 0.1) is 5.92 Å². The Kier molecular flexibility index (Phi) is 6.37. The van der Waals surface area contributed by atoms with Crippen LogP contribution in [0.3, 0.4) is 0 Å². The van der Waals surface area contributed by atoms with Crippen LogP contribution in [0.25, 0.3) is 0 Å². The smallest absolute Gasteiger partial charge is 0.249 e. The number of hydrogen-bond acceptors (Lipinski definition) is 3. The first kappa shape index (κ1) is 17.3.